The third-order valence-electron chi connectivity index (χ3n) is 3.06. The quantitative estimate of drug-likeness (QED) is 0.726. The first kappa shape index (κ1) is 16.7. The smallest absolute Gasteiger partial charge is 0.275 e. The summed E-state index contributed by atoms with van der Waals surface area (Å²) in [5.41, 5.74) is 0.919. The molecule has 0 aliphatic carbocycles. The van der Waals surface area contributed by atoms with E-state index in [-0.39, 0.29) is 11.6 Å². The summed E-state index contributed by atoms with van der Waals surface area (Å²) in [4.78, 5) is 20.4. The zero-order valence-electron chi connectivity index (χ0n) is 13.2. The minimum atomic E-state index is -0.311. The molecule has 0 spiro atoms. The molecule has 7 nitrogen and oxygen atoms in total. The maximum atomic E-state index is 12.1. The van der Waals surface area contributed by atoms with Gasteiger partial charge in [0.15, 0.2) is 0 Å². The Bertz CT molecular complexity index is 614. The fourth-order valence-electron chi connectivity index (χ4n) is 1.84. The topological polar surface area (TPSA) is 85.4 Å². The third kappa shape index (κ3) is 5.23. The van der Waals surface area contributed by atoms with E-state index in [0.29, 0.717) is 18.1 Å². The number of nitrogens with zero attached hydrogens (tertiary/aromatic N) is 2. The second-order valence-electron chi connectivity index (χ2n) is 4.74. The van der Waals surface area contributed by atoms with E-state index >= 15 is 0 Å². The van der Waals surface area contributed by atoms with Gasteiger partial charge < -0.3 is 20.1 Å². The monoisotopic (exact) mass is 316 g/mol. The summed E-state index contributed by atoms with van der Waals surface area (Å²) in [6.07, 6.45) is 3.85. The number of carbonyl (C=O) groups excluding carboxylic acids is 1. The maximum Gasteiger partial charge on any atom is 0.275 e. The van der Waals surface area contributed by atoms with Crippen molar-refractivity contribution < 1.29 is 14.3 Å². The van der Waals surface area contributed by atoms with Crippen molar-refractivity contribution in [3.63, 3.8) is 0 Å². The first-order valence-corrected chi connectivity index (χ1v) is 7.23. The molecule has 0 saturated heterocycles. The largest absolute Gasteiger partial charge is 0.497 e. The van der Waals surface area contributed by atoms with Crippen LogP contribution in [0.25, 0.3) is 0 Å². The van der Waals surface area contributed by atoms with Gasteiger partial charge in [0, 0.05) is 25.9 Å². The zero-order chi connectivity index (χ0) is 16.5. The minimum Gasteiger partial charge on any atom is -0.497 e. The fraction of sp³-hybridized carbons (Fsp3) is 0.312. The number of aromatic nitrogens is 2. The molecule has 23 heavy (non-hydrogen) atoms. The van der Waals surface area contributed by atoms with E-state index in [1.807, 2.05) is 0 Å². The second-order valence-corrected chi connectivity index (χ2v) is 4.74. The Hall–Kier alpha value is -2.67. The molecule has 0 atom stereocenters. The molecule has 7 heteroatoms. The number of anilines is 2. The van der Waals surface area contributed by atoms with Crippen LogP contribution in [-0.4, -0.2) is 43.2 Å². The summed E-state index contributed by atoms with van der Waals surface area (Å²) >= 11 is 0. The molecule has 2 aromatic rings. The van der Waals surface area contributed by atoms with Crippen LogP contribution < -0.4 is 15.4 Å². The van der Waals surface area contributed by atoms with Crippen molar-refractivity contribution in [2.45, 2.75) is 6.42 Å². The van der Waals surface area contributed by atoms with Crippen molar-refractivity contribution in [2.24, 2.45) is 0 Å². The predicted octanol–water partition coefficient (Wildman–Crippen LogP) is 2.19. The van der Waals surface area contributed by atoms with Gasteiger partial charge in [-0.3, -0.25) is 4.79 Å². The van der Waals surface area contributed by atoms with E-state index in [9.17, 15) is 4.79 Å². The second kappa shape index (κ2) is 8.70. The van der Waals surface area contributed by atoms with Gasteiger partial charge in [-0.2, -0.15) is 0 Å². The van der Waals surface area contributed by atoms with Crippen molar-refractivity contribution >= 4 is 17.4 Å². The first-order chi connectivity index (χ1) is 11.2. The Morgan fingerprint density at radius 2 is 1.91 bits per heavy atom. The van der Waals surface area contributed by atoms with Gasteiger partial charge >= 0.3 is 0 Å². The van der Waals surface area contributed by atoms with Gasteiger partial charge in [-0.15, -0.1) is 0 Å². The lowest BCUT2D eigenvalue weighted by molar-refractivity contribution is 0.102. The molecule has 0 fully saturated rings. The molecule has 2 N–H and O–H groups in total. The standard InChI is InChI=1S/C16H20N4O3/c1-22-9-3-8-17-15-11-18-14(10-19-15)16(21)20-12-4-6-13(23-2)7-5-12/h4-7,10-11H,3,8-9H2,1-2H3,(H,17,19)(H,20,21). The number of hydrogen-bond acceptors (Lipinski definition) is 6. The molecule has 1 aromatic heterocycles. The van der Waals surface area contributed by atoms with Gasteiger partial charge in [-0.25, -0.2) is 9.97 Å². The lowest BCUT2D eigenvalue weighted by Crippen LogP contribution is -2.14. The number of hydrogen-bond donors (Lipinski definition) is 2. The summed E-state index contributed by atoms with van der Waals surface area (Å²) in [6.45, 7) is 1.42. The highest BCUT2D eigenvalue weighted by Gasteiger charge is 2.08. The van der Waals surface area contributed by atoms with Crippen LogP contribution in [0.4, 0.5) is 11.5 Å². The van der Waals surface area contributed by atoms with Crippen molar-refractivity contribution in [1.82, 2.24) is 9.97 Å². The average molecular weight is 316 g/mol. The van der Waals surface area contributed by atoms with Gasteiger partial charge in [0.05, 0.1) is 19.5 Å². The van der Waals surface area contributed by atoms with Gasteiger partial charge in [-0.1, -0.05) is 0 Å². The van der Waals surface area contributed by atoms with Crippen molar-refractivity contribution in [3.05, 3.63) is 42.4 Å². The Morgan fingerprint density at radius 1 is 1.13 bits per heavy atom. The highest BCUT2D eigenvalue weighted by Crippen LogP contribution is 2.15. The highest BCUT2D eigenvalue weighted by molar-refractivity contribution is 6.02. The van der Waals surface area contributed by atoms with Crippen LogP contribution in [0, 0.1) is 0 Å². The zero-order valence-corrected chi connectivity index (χ0v) is 13.2. The summed E-state index contributed by atoms with van der Waals surface area (Å²) in [5.74, 6) is 1.04. The minimum absolute atomic E-state index is 0.253. The molecule has 1 aromatic carbocycles. The number of rotatable bonds is 8. The van der Waals surface area contributed by atoms with Crippen molar-refractivity contribution in [3.8, 4) is 5.75 Å². The Labute approximate surface area is 135 Å². The fourth-order valence-corrected chi connectivity index (χ4v) is 1.84. The molecular weight excluding hydrogens is 296 g/mol. The maximum absolute atomic E-state index is 12.1. The molecule has 0 bridgehead atoms. The number of benzene rings is 1. The molecule has 0 radical (unpaired) electrons. The first-order valence-electron chi connectivity index (χ1n) is 7.23. The van der Waals surface area contributed by atoms with Crippen molar-refractivity contribution in [2.75, 3.05) is 38.0 Å². The van der Waals surface area contributed by atoms with Crippen LogP contribution in [0.3, 0.4) is 0 Å². The Morgan fingerprint density at radius 3 is 2.52 bits per heavy atom. The predicted molar refractivity (Wildman–Crippen MR) is 88.0 cm³/mol. The molecule has 122 valence electrons. The highest BCUT2D eigenvalue weighted by atomic mass is 16.5. The summed E-state index contributed by atoms with van der Waals surface area (Å²) < 4.78 is 10.0. The van der Waals surface area contributed by atoms with Crippen LogP contribution >= 0.6 is 0 Å². The number of nitrogens with one attached hydrogen (secondary N) is 2. The van der Waals surface area contributed by atoms with E-state index in [1.165, 1.54) is 12.4 Å². The third-order valence-corrected chi connectivity index (χ3v) is 3.06. The average Bonchev–Trinajstić information content (AvgIpc) is 2.60. The Kier molecular flexibility index (Phi) is 6.31. The molecule has 0 aliphatic heterocycles. The van der Waals surface area contributed by atoms with Crippen LogP contribution in [0.2, 0.25) is 0 Å². The van der Waals surface area contributed by atoms with E-state index in [0.717, 1.165) is 18.7 Å². The van der Waals surface area contributed by atoms with E-state index in [4.69, 9.17) is 9.47 Å². The Balaban J connectivity index is 1.88. The lowest BCUT2D eigenvalue weighted by atomic mass is 10.3. The number of amides is 1. The number of ether oxygens (including phenoxy) is 2. The van der Waals surface area contributed by atoms with Gasteiger partial charge in [0.1, 0.15) is 17.3 Å². The van der Waals surface area contributed by atoms with Crippen LogP contribution in [0.15, 0.2) is 36.7 Å². The van der Waals surface area contributed by atoms with Gasteiger partial charge in [0.25, 0.3) is 5.91 Å². The molecular formula is C16H20N4O3. The van der Waals surface area contributed by atoms with Crippen molar-refractivity contribution in [1.29, 1.82) is 0 Å². The summed E-state index contributed by atoms with van der Waals surface area (Å²) in [5, 5.41) is 5.86. The molecule has 0 aliphatic rings. The molecule has 1 heterocycles. The SMILES string of the molecule is COCCCNc1cnc(C(=O)Nc2ccc(OC)cc2)cn1. The van der Waals surface area contributed by atoms with Gasteiger partial charge in [0.2, 0.25) is 0 Å². The lowest BCUT2D eigenvalue weighted by Gasteiger charge is -2.07. The van der Waals surface area contributed by atoms with E-state index in [2.05, 4.69) is 20.6 Å². The molecule has 1 amide bonds. The normalized spacial score (nSPS) is 10.2. The van der Waals surface area contributed by atoms with E-state index in [1.54, 1.807) is 38.5 Å². The van der Waals surface area contributed by atoms with Crippen LogP contribution in [0.1, 0.15) is 16.9 Å². The summed E-state index contributed by atoms with van der Waals surface area (Å²) in [6, 6.07) is 7.06. The van der Waals surface area contributed by atoms with Gasteiger partial charge in [-0.05, 0) is 30.7 Å². The summed E-state index contributed by atoms with van der Waals surface area (Å²) in [7, 11) is 3.25. The van der Waals surface area contributed by atoms with Crippen LogP contribution in [-0.2, 0) is 4.74 Å². The van der Waals surface area contributed by atoms with E-state index < -0.39 is 0 Å². The molecule has 0 saturated carbocycles. The molecule has 2 rings (SSSR count). The number of methoxy groups -OCH3 is 2. The van der Waals surface area contributed by atoms with Crippen LogP contribution in [0.5, 0.6) is 5.75 Å². The number of carbonyl (C=O) groups is 1. The molecule has 0 unspecified atom stereocenters.